The van der Waals surface area contributed by atoms with Gasteiger partial charge in [-0.3, -0.25) is 0 Å². The van der Waals surface area contributed by atoms with Crippen LogP contribution in [-0.2, 0) is 10.1 Å². The number of para-hydroxylation sites is 1. The number of nitriles is 1. The highest BCUT2D eigenvalue weighted by atomic mass is 32.2. The molecule has 4 aromatic rings. The second-order valence-corrected chi connectivity index (χ2v) is 8.45. The first-order valence-electron chi connectivity index (χ1n) is 9.58. The fourth-order valence-electron chi connectivity index (χ4n) is 3.24. The largest absolute Gasteiger partial charge is 0.744 e. The molecule has 0 spiro atoms. The molecule has 166 valence electrons. The van der Waals surface area contributed by atoms with Crippen LogP contribution in [-0.4, -0.2) is 32.5 Å². The topological polar surface area (TPSA) is 167 Å². The van der Waals surface area contributed by atoms with Gasteiger partial charge in [0.05, 0.1) is 28.2 Å². The minimum absolute atomic E-state index is 0.115. The zero-order chi connectivity index (χ0) is 23.8. The Bertz CT molecular complexity index is 1530. The maximum Gasteiger partial charge on any atom is 0.195 e. The molecule has 0 amide bonds. The van der Waals surface area contributed by atoms with Gasteiger partial charge < -0.3 is 10.3 Å². The third kappa shape index (κ3) is 4.10. The summed E-state index contributed by atoms with van der Waals surface area (Å²) in [7, 11) is -4.61. The third-order valence-corrected chi connectivity index (χ3v) is 5.69. The zero-order valence-corrected chi connectivity index (χ0v) is 18.4. The number of anilines is 1. The van der Waals surface area contributed by atoms with Gasteiger partial charge in [-0.2, -0.15) is 15.5 Å². The van der Waals surface area contributed by atoms with E-state index in [1.54, 1.807) is 18.5 Å². The lowest BCUT2D eigenvalue weighted by atomic mass is 10.2. The van der Waals surface area contributed by atoms with Gasteiger partial charge in [-0.05, 0) is 49.7 Å². The molecule has 2 heterocycles. The molecule has 33 heavy (non-hydrogen) atoms. The van der Waals surface area contributed by atoms with Gasteiger partial charge in [-0.25, -0.2) is 17.8 Å². The van der Waals surface area contributed by atoms with E-state index in [1.807, 2.05) is 36.4 Å². The molecule has 2 aromatic carbocycles. The fourth-order valence-corrected chi connectivity index (χ4v) is 3.79. The summed E-state index contributed by atoms with van der Waals surface area (Å²) in [6.45, 7) is 3.35. The second kappa shape index (κ2) is 8.30. The number of nitrogens with two attached hydrogens (primary N) is 1. The predicted octanol–water partition coefficient (Wildman–Crippen LogP) is 3.45. The average molecular weight is 461 g/mol. The second-order valence-electron chi connectivity index (χ2n) is 7.07. The highest BCUT2D eigenvalue weighted by Gasteiger charge is 2.17. The Morgan fingerprint density at radius 3 is 2.45 bits per heavy atom. The smallest absolute Gasteiger partial charge is 0.195 e. The van der Waals surface area contributed by atoms with Crippen LogP contribution in [0, 0.1) is 25.2 Å². The van der Waals surface area contributed by atoms with Crippen molar-refractivity contribution in [3.63, 3.8) is 0 Å². The van der Waals surface area contributed by atoms with Crippen molar-refractivity contribution in [2.45, 2.75) is 18.7 Å². The summed E-state index contributed by atoms with van der Waals surface area (Å²) in [6.07, 6.45) is 1.32. The molecule has 2 N–H and O–H groups in total. The Hall–Kier alpha value is -4.34. The molecular weight excluding hydrogens is 444 g/mol. The summed E-state index contributed by atoms with van der Waals surface area (Å²) < 4.78 is 36.8. The summed E-state index contributed by atoms with van der Waals surface area (Å²) in [5.74, 6) is 0.387. The first kappa shape index (κ1) is 21.9. The van der Waals surface area contributed by atoms with Gasteiger partial charge in [-0.1, -0.05) is 18.2 Å². The summed E-state index contributed by atoms with van der Waals surface area (Å²) in [5, 5.41) is 26.5. The molecule has 0 aliphatic heterocycles. The van der Waals surface area contributed by atoms with Crippen molar-refractivity contribution < 1.29 is 13.0 Å². The number of rotatable bonds is 5. The zero-order valence-electron chi connectivity index (χ0n) is 17.5. The van der Waals surface area contributed by atoms with E-state index < -0.39 is 10.1 Å². The van der Waals surface area contributed by atoms with Crippen molar-refractivity contribution >= 4 is 27.4 Å². The summed E-state index contributed by atoms with van der Waals surface area (Å²) >= 11 is 0. The molecule has 12 heteroatoms. The van der Waals surface area contributed by atoms with E-state index in [-0.39, 0.29) is 22.1 Å². The van der Waals surface area contributed by atoms with Crippen LogP contribution >= 0.6 is 0 Å². The Morgan fingerprint density at radius 2 is 1.82 bits per heavy atom. The Morgan fingerprint density at radius 1 is 1.09 bits per heavy atom. The number of nitrogens with zero attached hydrogens (tertiary/aromatic N) is 7. The van der Waals surface area contributed by atoms with Crippen LogP contribution in [0.1, 0.15) is 16.8 Å². The SMILES string of the molecule is Cc1cc(S(=O)(=O)[O-])ccc1-n1ncc(C#N)c1N=Nc1c(C)nn(-c2ccccc2)c1N. The molecule has 2 aromatic heterocycles. The van der Waals surface area contributed by atoms with Crippen LogP contribution in [0.3, 0.4) is 0 Å². The number of aryl methyl sites for hydroxylation is 2. The van der Waals surface area contributed by atoms with E-state index in [9.17, 15) is 18.2 Å². The molecule has 0 saturated heterocycles. The monoisotopic (exact) mass is 461 g/mol. The van der Waals surface area contributed by atoms with Crippen LogP contribution < -0.4 is 5.73 Å². The summed E-state index contributed by atoms with van der Waals surface area (Å²) in [4.78, 5) is -0.365. The molecule has 0 saturated carbocycles. The van der Waals surface area contributed by atoms with Crippen molar-refractivity contribution in [3.05, 3.63) is 71.5 Å². The third-order valence-electron chi connectivity index (χ3n) is 4.86. The quantitative estimate of drug-likeness (QED) is 0.351. The predicted molar refractivity (Wildman–Crippen MR) is 118 cm³/mol. The molecule has 4 rings (SSSR count). The van der Waals surface area contributed by atoms with Crippen LogP contribution in [0.4, 0.5) is 17.3 Å². The molecule has 0 aliphatic rings. The molecule has 0 bridgehead atoms. The number of azo groups is 1. The van der Waals surface area contributed by atoms with E-state index in [2.05, 4.69) is 20.4 Å². The van der Waals surface area contributed by atoms with Crippen molar-refractivity contribution in [1.29, 1.82) is 5.26 Å². The molecule has 0 fully saturated rings. The lowest BCUT2D eigenvalue weighted by molar-refractivity contribution is 0.463. The Labute approximate surface area is 189 Å². The first-order valence-corrected chi connectivity index (χ1v) is 11.0. The first-order chi connectivity index (χ1) is 15.7. The van der Waals surface area contributed by atoms with E-state index in [1.165, 1.54) is 29.1 Å². The Balaban J connectivity index is 1.78. The number of aromatic nitrogens is 4. The van der Waals surface area contributed by atoms with Gasteiger partial charge in [-0.15, -0.1) is 10.2 Å². The van der Waals surface area contributed by atoms with Crippen molar-refractivity contribution in [3.8, 4) is 17.4 Å². The fraction of sp³-hybridized carbons (Fsp3) is 0.0952. The van der Waals surface area contributed by atoms with Crippen molar-refractivity contribution in [2.24, 2.45) is 10.2 Å². The van der Waals surface area contributed by atoms with Gasteiger partial charge in [0.15, 0.2) is 17.3 Å². The molecular formula is C21H17N8O3S-. The van der Waals surface area contributed by atoms with Crippen molar-refractivity contribution in [1.82, 2.24) is 19.6 Å². The van der Waals surface area contributed by atoms with Crippen LogP contribution in [0.25, 0.3) is 11.4 Å². The highest BCUT2D eigenvalue weighted by molar-refractivity contribution is 7.85. The summed E-state index contributed by atoms with van der Waals surface area (Å²) in [6, 6.07) is 15.1. The molecule has 0 radical (unpaired) electrons. The number of benzene rings is 2. The minimum atomic E-state index is -4.61. The lowest BCUT2D eigenvalue weighted by Crippen LogP contribution is -2.03. The van der Waals surface area contributed by atoms with Crippen LogP contribution in [0.5, 0.6) is 0 Å². The van der Waals surface area contributed by atoms with Crippen molar-refractivity contribution in [2.75, 3.05) is 5.73 Å². The molecule has 0 aliphatic carbocycles. The highest BCUT2D eigenvalue weighted by Crippen LogP contribution is 2.32. The normalized spacial score (nSPS) is 11.7. The standard InChI is InChI=1S/C21H18N8O3S/c1-13-10-17(33(30,31)32)8-9-18(13)29-21(15(11-22)12-24-29)26-25-19-14(2)27-28(20(19)23)16-6-4-3-5-7-16/h3-10,12H,23H2,1-2H3,(H,30,31,32)/p-1. The molecule has 11 nitrogen and oxygen atoms in total. The maximum absolute atomic E-state index is 11.3. The Kier molecular flexibility index (Phi) is 5.50. The van der Waals surface area contributed by atoms with E-state index >= 15 is 0 Å². The van der Waals surface area contributed by atoms with Gasteiger partial charge in [0.25, 0.3) is 0 Å². The molecule has 0 unspecified atom stereocenters. The van der Waals surface area contributed by atoms with Crippen LogP contribution in [0.15, 0.2) is 69.9 Å². The maximum atomic E-state index is 11.3. The van der Waals surface area contributed by atoms with Crippen LogP contribution in [0.2, 0.25) is 0 Å². The van der Waals surface area contributed by atoms with Gasteiger partial charge in [0.1, 0.15) is 21.8 Å². The molecule has 0 atom stereocenters. The number of hydrogen-bond donors (Lipinski definition) is 1. The van der Waals surface area contributed by atoms with E-state index in [0.717, 1.165) is 5.69 Å². The van der Waals surface area contributed by atoms with E-state index in [4.69, 9.17) is 5.73 Å². The summed E-state index contributed by atoms with van der Waals surface area (Å²) in [5.41, 5.74) is 8.90. The van der Waals surface area contributed by atoms with E-state index in [0.29, 0.717) is 22.6 Å². The lowest BCUT2D eigenvalue weighted by Gasteiger charge is -2.12. The minimum Gasteiger partial charge on any atom is -0.744 e. The average Bonchev–Trinajstić information content (AvgIpc) is 3.32. The van der Waals surface area contributed by atoms with Gasteiger partial charge >= 0.3 is 0 Å². The van der Waals surface area contributed by atoms with Gasteiger partial charge in [0, 0.05) is 0 Å². The van der Waals surface area contributed by atoms with Gasteiger partial charge in [0.2, 0.25) is 0 Å². The number of hydrogen-bond acceptors (Lipinski definition) is 9. The number of nitrogen functional groups attached to an aromatic ring is 1.